The Balaban J connectivity index is 1.82. The highest BCUT2D eigenvalue weighted by atomic mass is 16.4. The van der Waals surface area contributed by atoms with E-state index in [2.05, 4.69) is 16.8 Å². The largest absolute Gasteiger partial charge is 0.481 e. The highest BCUT2D eigenvalue weighted by Gasteiger charge is 2.37. The topological polar surface area (TPSA) is 66.6 Å². The molecule has 2 aromatic rings. The lowest BCUT2D eigenvalue weighted by Gasteiger charge is -2.41. The summed E-state index contributed by atoms with van der Waals surface area (Å²) < 4.78 is 5.83. The number of oxazole rings is 1. The SMILES string of the molecule is Cc1oc(-c2ccccc2)nc1CN1[C@H](C)CC[C@H](C(=O)O)[C@@H]1C. The van der Waals surface area contributed by atoms with Crippen molar-refractivity contribution in [2.75, 3.05) is 0 Å². The minimum Gasteiger partial charge on any atom is -0.481 e. The fourth-order valence-electron chi connectivity index (χ4n) is 3.54. The van der Waals surface area contributed by atoms with Crippen molar-refractivity contribution in [2.24, 2.45) is 5.92 Å². The number of piperidine rings is 1. The molecule has 1 aliphatic rings. The molecular formula is C19H24N2O3. The second kappa shape index (κ2) is 6.77. The van der Waals surface area contributed by atoms with Crippen molar-refractivity contribution < 1.29 is 14.3 Å². The number of carbonyl (C=O) groups is 1. The molecule has 0 spiro atoms. The van der Waals surface area contributed by atoms with Crippen LogP contribution in [0.2, 0.25) is 0 Å². The van der Waals surface area contributed by atoms with Gasteiger partial charge >= 0.3 is 5.97 Å². The molecule has 2 heterocycles. The van der Waals surface area contributed by atoms with Gasteiger partial charge in [-0.05, 0) is 45.7 Å². The fraction of sp³-hybridized carbons (Fsp3) is 0.474. The predicted molar refractivity (Wildman–Crippen MR) is 91.5 cm³/mol. The Hall–Kier alpha value is -2.14. The van der Waals surface area contributed by atoms with Gasteiger partial charge in [-0.3, -0.25) is 9.69 Å². The van der Waals surface area contributed by atoms with Crippen LogP contribution in [0.1, 0.15) is 38.1 Å². The molecule has 128 valence electrons. The van der Waals surface area contributed by atoms with Gasteiger partial charge in [0.2, 0.25) is 5.89 Å². The maximum Gasteiger partial charge on any atom is 0.308 e. The zero-order valence-corrected chi connectivity index (χ0v) is 14.4. The molecule has 3 atom stereocenters. The van der Waals surface area contributed by atoms with E-state index in [-0.39, 0.29) is 12.0 Å². The zero-order valence-electron chi connectivity index (χ0n) is 14.4. The van der Waals surface area contributed by atoms with Gasteiger partial charge in [-0.2, -0.15) is 0 Å². The van der Waals surface area contributed by atoms with Gasteiger partial charge in [-0.25, -0.2) is 4.98 Å². The van der Waals surface area contributed by atoms with Crippen LogP contribution in [0.25, 0.3) is 11.5 Å². The maximum absolute atomic E-state index is 11.5. The molecule has 5 nitrogen and oxygen atoms in total. The van der Waals surface area contributed by atoms with E-state index in [9.17, 15) is 9.90 Å². The molecule has 3 rings (SSSR count). The van der Waals surface area contributed by atoms with E-state index in [0.29, 0.717) is 18.5 Å². The van der Waals surface area contributed by atoms with Crippen LogP contribution >= 0.6 is 0 Å². The molecule has 0 aliphatic carbocycles. The van der Waals surface area contributed by atoms with Crippen molar-refractivity contribution in [2.45, 2.75) is 52.2 Å². The first kappa shape index (κ1) is 16.7. The molecule has 0 saturated carbocycles. The molecule has 0 bridgehead atoms. The van der Waals surface area contributed by atoms with E-state index in [1.165, 1.54) is 0 Å². The first-order chi connectivity index (χ1) is 11.5. The Bertz CT molecular complexity index is 711. The summed E-state index contributed by atoms with van der Waals surface area (Å²) in [5.41, 5.74) is 1.84. The number of carboxylic acids is 1. The minimum absolute atomic E-state index is 0.0116. The van der Waals surface area contributed by atoms with Gasteiger partial charge in [0.05, 0.1) is 11.6 Å². The van der Waals surface area contributed by atoms with E-state index < -0.39 is 5.97 Å². The molecule has 1 N–H and O–H groups in total. The van der Waals surface area contributed by atoms with Gasteiger partial charge in [0, 0.05) is 24.2 Å². The first-order valence-electron chi connectivity index (χ1n) is 8.47. The number of aryl methyl sites for hydroxylation is 1. The molecule has 1 aromatic heterocycles. The Labute approximate surface area is 142 Å². The summed E-state index contributed by atoms with van der Waals surface area (Å²) in [5.74, 6) is 0.393. The van der Waals surface area contributed by atoms with Crippen LogP contribution in [0.3, 0.4) is 0 Å². The number of aliphatic carboxylic acids is 1. The molecule has 1 saturated heterocycles. The Morgan fingerprint density at radius 3 is 2.67 bits per heavy atom. The lowest BCUT2D eigenvalue weighted by atomic mass is 9.86. The summed E-state index contributed by atoms with van der Waals surface area (Å²) in [6, 6.07) is 10.2. The summed E-state index contributed by atoms with van der Waals surface area (Å²) in [7, 11) is 0. The van der Waals surface area contributed by atoms with Crippen molar-refractivity contribution in [3.63, 3.8) is 0 Å². The molecule has 5 heteroatoms. The van der Waals surface area contributed by atoms with Gasteiger partial charge < -0.3 is 9.52 Å². The van der Waals surface area contributed by atoms with Crippen LogP contribution in [-0.4, -0.2) is 33.0 Å². The Morgan fingerprint density at radius 1 is 1.29 bits per heavy atom. The molecule has 0 amide bonds. The molecule has 0 radical (unpaired) electrons. The number of likely N-dealkylation sites (tertiary alicyclic amines) is 1. The van der Waals surface area contributed by atoms with Crippen LogP contribution in [0.15, 0.2) is 34.7 Å². The van der Waals surface area contributed by atoms with Gasteiger partial charge in [-0.15, -0.1) is 0 Å². The number of nitrogens with zero attached hydrogens (tertiary/aromatic N) is 2. The fourth-order valence-corrected chi connectivity index (χ4v) is 3.54. The number of carboxylic acid groups (broad SMARTS) is 1. The van der Waals surface area contributed by atoms with Crippen molar-refractivity contribution in [1.29, 1.82) is 0 Å². The molecule has 1 fully saturated rings. The zero-order chi connectivity index (χ0) is 17.3. The average Bonchev–Trinajstić information content (AvgIpc) is 2.93. The van der Waals surface area contributed by atoms with E-state index >= 15 is 0 Å². The second-order valence-corrected chi connectivity index (χ2v) is 6.67. The van der Waals surface area contributed by atoms with Gasteiger partial charge in [-0.1, -0.05) is 18.2 Å². The van der Waals surface area contributed by atoms with E-state index in [0.717, 1.165) is 29.9 Å². The lowest BCUT2D eigenvalue weighted by Crippen LogP contribution is -2.50. The number of hydrogen-bond donors (Lipinski definition) is 1. The standard InChI is InChI=1S/C19H24N2O3/c1-12-9-10-16(19(22)23)13(2)21(12)11-17-14(3)24-18(20-17)15-7-5-4-6-8-15/h4-8,12-13,16H,9-11H2,1-3H3,(H,22,23)/t12-,13+,16+/m1/s1. The smallest absolute Gasteiger partial charge is 0.308 e. The normalized spacial score (nSPS) is 24.9. The highest BCUT2D eigenvalue weighted by Crippen LogP contribution is 2.31. The summed E-state index contributed by atoms with van der Waals surface area (Å²) in [5, 5.41) is 9.43. The maximum atomic E-state index is 11.5. The van der Waals surface area contributed by atoms with Crippen molar-refractivity contribution in [3.8, 4) is 11.5 Å². The van der Waals surface area contributed by atoms with E-state index in [1.54, 1.807) is 0 Å². The monoisotopic (exact) mass is 328 g/mol. The van der Waals surface area contributed by atoms with Crippen LogP contribution in [-0.2, 0) is 11.3 Å². The summed E-state index contributed by atoms with van der Waals surface area (Å²) in [6.45, 7) is 6.70. The average molecular weight is 328 g/mol. The minimum atomic E-state index is -0.707. The number of rotatable bonds is 4. The van der Waals surface area contributed by atoms with Gasteiger partial charge in [0.15, 0.2) is 0 Å². The molecule has 0 unspecified atom stereocenters. The Morgan fingerprint density at radius 2 is 2.00 bits per heavy atom. The second-order valence-electron chi connectivity index (χ2n) is 6.67. The third kappa shape index (κ3) is 3.22. The number of hydrogen-bond acceptors (Lipinski definition) is 4. The van der Waals surface area contributed by atoms with Crippen LogP contribution in [0.4, 0.5) is 0 Å². The Kier molecular flexibility index (Phi) is 4.71. The summed E-state index contributed by atoms with van der Waals surface area (Å²) >= 11 is 0. The van der Waals surface area contributed by atoms with Crippen LogP contribution in [0.5, 0.6) is 0 Å². The van der Waals surface area contributed by atoms with Gasteiger partial charge in [0.25, 0.3) is 0 Å². The molecule has 24 heavy (non-hydrogen) atoms. The van der Waals surface area contributed by atoms with Crippen molar-refractivity contribution in [1.82, 2.24) is 9.88 Å². The third-order valence-electron chi connectivity index (χ3n) is 5.13. The van der Waals surface area contributed by atoms with Crippen LogP contribution < -0.4 is 0 Å². The summed E-state index contributed by atoms with van der Waals surface area (Å²) in [4.78, 5) is 18.4. The van der Waals surface area contributed by atoms with E-state index in [1.807, 2.05) is 44.2 Å². The van der Waals surface area contributed by atoms with Crippen LogP contribution in [0, 0.1) is 12.8 Å². The molecular weight excluding hydrogens is 304 g/mol. The summed E-state index contributed by atoms with van der Waals surface area (Å²) in [6.07, 6.45) is 1.63. The molecule has 1 aromatic carbocycles. The third-order valence-corrected chi connectivity index (χ3v) is 5.13. The van der Waals surface area contributed by atoms with E-state index in [4.69, 9.17) is 4.42 Å². The molecule has 1 aliphatic heterocycles. The number of aromatic nitrogens is 1. The quantitative estimate of drug-likeness (QED) is 0.926. The lowest BCUT2D eigenvalue weighted by molar-refractivity contribution is -0.146. The first-order valence-corrected chi connectivity index (χ1v) is 8.47. The van der Waals surface area contributed by atoms with Crippen molar-refractivity contribution >= 4 is 5.97 Å². The predicted octanol–water partition coefficient (Wildman–Crippen LogP) is 3.72. The highest BCUT2D eigenvalue weighted by molar-refractivity contribution is 5.71. The van der Waals surface area contributed by atoms with Gasteiger partial charge in [0.1, 0.15) is 5.76 Å². The number of benzene rings is 1. The van der Waals surface area contributed by atoms with Crippen molar-refractivity contribution in [3.05, 3.63) is 41.8 Å².